The quantitative estimate of drug-likeness (QED) is 0.515. The number of halogens is 5. The standard InChI is InChI=1S/C10H3Cl5/c11-6-3-9(14)10(15)5-2-8(13)7(12)1-4(5)6/h1-3H. The Bertz CT molecular complexity index is 547. The van der Waals surface area contributed by atoms with Crippen LogP contribution in [-0.2, 0) is 0 Å². The highest BCUT2D eigenvalue weighted by atomic mass is 35.5. The van der Waals surface area contributed by atoms with Crippen molar-refractivity contribution in [3.8, 4) is 0 Å². The first-order chi connectivity index (χ1) is 7.00. The summed E-state index contributed by atoms with van der Waals surface area (Å²) in [5.74, 6) is 0. The molecule has 0 unspecified atom stereocenters. The molecule has 0 aliphatic rings. The zero-order valence-corrected chi connectivity index (χ0v) is 10.9. The molecule has 2 aromatic rings. The maximum atomic E-state index is 6.03. The van der Waals surface area contributed by atoms with Gasteiger partial charge < -0.3 is 0 Å². The topological polar surface area (TPSA) is 0 Å². The minimum absolute atomic E-state index is 0.396. The summed E-state index contributed by atoms with van der Waals surface area (Å²) in [7, 11) is 0. The molecule has 2 aromatic carbocycles. The normalized spacial score (nSPS) is 11.0. The van der Waals surface area contributed by atoms with Crippen LogP contribution in [-0.4, -0.2) is 0 Å². The molecular formula is C10H3Cl5. The lowest BCUT2D eigenvalue weighted by molar-refractivity contribution is 1.74. The molecule has 5 heteroatoms. The fourth-order valence-corrected chi connectivity index (χ4v) is 2.38. The van der Waals surface area contributed by atoms with E-state index >= 15 is 0 Å². The Balaban J connectivity index is 2.97. The van der Waals surface area contributed by atoms with Crippen LogP contribution in [0.25, 0.3) is 10.8 Å². The smallest absolute Gasteiger partial charge is 0.0672 e. The van der Waals surface area contributed by atoms with E-state index in [1.165, 1.54) is 0 Å². The van der Waals surface area contributed by atoms with E-state index in [-0.39, 0.29) is 0 Å². The molecule has 0 nitrogen and oxygen atoms in total. The number of benzene rings is 2. The van der Waals surface area contributed by atoms with Gasteiger partial charge in [-0.15, -0.1) is 0 Å². The summed E-state index contributed by atoms with van der Waals surface area (Å²) < 4.78 is 0. The van der Waals surface area contributed by atoms with Crippen LogP contribution in [0.2, 0.25) is 25.1 Å². The van der Waals surface area contributed by atoms with Crippen LogP contribution in [0.15, 0.2) is 18.2 Å². The fourth-order valence-electron chi connectivity index (χ4n) is 1.31. The van der Waals surface area contributed by atoms with Crippen molar-refractivity contribution in [2.75, 3.05) is 0 Å². The van der Waals surface area contributed by atoms with Crippen molar-refractivity contribution in [3.63, 3.8) is 0 Å². The second kappa shape index (κ2) is 4.20. The highest BCUT2D eigenvalue weighted by Crippen LogP contribution is 2.39. The predicted octanol–water partition coefficient (Wildman–Crippen LogP) is 6.11. The Hall–Kier alpha value is 0.150. The van der Waals surface area contributed by atoms with Gasteiger partial charge in [0.1, 0.15) is 0 Å². The van der Waals surface area contributed by atoms with Gasteiger partial charge in [-0.1, -0.05) is 58.0 Å². The van der Waals surface area contributed by atoms with E-state index in [4.69, 9.17) is 58.0 Å². The van der Waals surface area contributed by atoms with Crippen LogP contribution in [0.1, 0.15) is 0 Å². The van der Waals surface area contributed by atoms with Gasteiger partial charge in [0.05, 0.1) is 25.1 Å². The highest BCUT2D eigenvalue weighted by Gasteiger charge is 2.10. The van der Waals surface area contributed by atoms with Crippen molar-refractivity contribution >= 4 is 68.8 Å². The average molecular weight is 300 g/mol. The Morgan fingerprint density at radius 1 is 0.533 bits per heavy atom. The third-order valence-corrected chi connectivity index (χ3v) is 3.85. The van der Waals surface area contributed by atoms with Gasteiger partial charge in [-0.3, -0.25) is 0 Å². The van der Waals surface area contributed by atoms with Crippen molar-refractivity contribution in [2.45, 2.75) is 0 Å². The largest absolute Gasteiger partial charge is 0.0836 e. The van der Waals surface area contributed by atoms with E-state index in [1.54, 1.807) is 18.2 Å². The molecule has 0 aromatic heterocycles. The van der Waals surface area contributed by atoms with Gasteiger partial charge in [0.25, 0.3) is 0 Å². The summed E-state index contributed by atoms with van der Waals surface area (Å²) in [6.07, 6.45) is 0. The Morgan fingerprint density at radius 3 is 1.67 bits per heavy atom. The lowest BCUT2D eigenvalue weighted by Crippen LogP contribution is -1.80. The lowest BCUT2D eigenvalue weighted by Gasteiger charge is -2.06. The van der Waals surface area contributed by atoms with Gasteiger partial charge >= 0.3 is 0 Å². The monoisotopic (exact) mass is 298 g/mol. The molecule has 0 saturated carbocycles. The molecule has 0 fully saturated rings. The summed E-state index contributed by atoms with van der Waals surface area (Å²) in [6.45, 7) is 0. The maximum Gasteiger partial charge on any atom is 0.0672 e. The van der Waals surface area contributed by atoms with Gasteiger partial charge in [-0.05, 0) is 18.2 Å². The van der Waals surface area contributed by atoms with Crippen molar-refractivity contribution in [3.05, 3.63) is 43.3 Å². The molecule has 0 aliphatic carbocycles. The first-order valence-corrected chi connectivity index (χ1v) is 5.82. The SMILES string of the molecule is Clc1cc2c(Cl)cc(Cl)c(Cl)c2cc1Cl. The van der Waals surface area contributed by atoms with E-state index in [0.717, 1.165) is 5.39 Å². The van der Waals surface area contributed by atoms with Crippen LogP contribution < -0.4 is 0 Å². The summed E-state index contributed by atoms with van der Waals surface area (Å²) >= 11 is 29.7. The van der Waals surface area contributed by atoms with Gasteiger partial charge in [-0.2, -0.15) is 0 Å². The Labute approximate surface area is 112 Å². The molecular weight excluding hydrogens is 297 g/mol. The minimum Gasteiger partial charge on any atom is -0.0836 e. The van der Waals surface area contributed by atoms with Crippen LogP contribution in [0.5, 0.6) is 0 Å². The van der Waals surface area contributed by atoms with Gasteiger partial charge in [0, 0.05) is 10.8 Å². The third kappa shape index (κ3) is 2.02. The van der Waals surface area contributed by atoms with Crippen molar-refractivity contribution < 1.29 is 0 Å². The number of hydrogen-bond acceptors (Lipinski definition) is 0. The van der Waals surface area contributed by atoms with E-state index < -0.39 is 0 Å². The molecule has 0 N–H and O–H groups in total. The molecule has 78 valence electrons. The first kappa shape index (κ1) is 11.6. The van der Waals surface area contributed by atoms with Crippen molar-refractivity contribution in [2.24, 2.45) is 0 Å². The van der Waals surface area contributed by atoms with Crippen LogP contribution >= 0.6 is 58.0 Å². The molecule has 0 heterocycles. The summed E-state index contributed by atoms with van der Waals surface area (Å²) in [4.78, 5) is 0. The lowest BCUT2D eigenvalue weighted by atomic mass is 10.1. The van der Waals surface area contributed by atoms with E-state index in [0.29, 0.717) is 30.5 Å². The Kier molecular flexibility index (Phi) is 3.25. The summed E-state index contributed by atoms with van der Waals surface area (Å²) in [5, 5.41) is 3.61. The third-order valence-electron chi connectivity index (χ3n) is 2.02. The second-order valence-electron chi connectivity index (χ2n) is 2.97. The van der Waals surface area contributed by atoms with E-state index in [2.05, 4.69) is 0 Å². The second-order valence-corrected chi connectivity index (χ2v) is 4.97. The van der Waals surface area contributed by atoms with Crippen molar-refractivity contribution in [1.29, 1.82) is 0 Å². The average Bonchev–Trinajstić information content (AvgIpc) is 2.18. The molecule has 0 aliphatic heterocycles. The molecule has 0 radical (unpaired) electrons. The van der Waals surface area contributed by atoms with Crippen LogP contribution in [0.4, 0.5) is 0 Å². The summed E-state index contributed by atoms with van der Waals surface area (Å²) in [5.41, 5.74) is 0. The van der Waals surface area contributed by atoms with E-state index in [9.17, 15) is 0 Å². The van der Waals surface area contributed by atoms with Crippen LogP contribution in [0.3, 0.4) is 0 Å². The van der Waals surface area contributed by atoms with Crippen molar-refractivity contribution in [1.82, 2.24) is 0 Å². The van der Waals surface area contributed by atoms with Gasteiger partial charge in [0.2, 0.25) is 0 Å². The predicted molar refractivity (Wildman–Crippen MR) is 69.0 cm³/mol. The molecule has 0 saturated heterocycles. The fraction of sp³-hybridized carbons (Fsp3) is 0. The molecule has 0 atom stereocenters. The molecule has 0 spiro atoms. The zero-order valence-electron chi connectivity index (χ0n) is 7.12. The Morgan fingerprint density at radius 2 is 1.07 bits per heavy atom. The van der Waals surface area contributed by atoms with Gasteiger partial charge in [-0.25, -0.2) is 0 Å². The minimum atomic E-state index is 0.396. The summed E-state index contributed by atoms with van der Waals surface area (Å²) in [6, 6.07) is 4.90. The first-order valence-electron chi connectivity index (χ1n) is 3.93. The number of fused-ring (bicyclic) bond motifs is 1. The molecule has 2 rings (SSSR count). The zero-order chi connectivity index (χ0) is 11.2. The molecule has 0 amide bonds. The molecule has 15 heavy (non-hydrogen) atoms. The van der Waals surface area contributed by atoms with Gasteiger partial charge in [0.15, 0.2) is 0 Å². The molecule has 0 bridgehead atoms. The van der Waals surface area contributed by atoms with Crippen LogP contribution in [0, 0.1) is 0 Å². The van der Waals surface area contributed by atoms with E-state index in [1.807, 2.05) is 0 Å². The highest BCUT2D eigenvalue weighted by molar-refractivity contribution is 6.49. The number of rotatable bonds is 0. The number of hydrogen-bond donors (Lipinski definition) is 0. The maximum absolute atomic E-state index is 6.03.